The lowest BCUT2D eigenvalue weighted by Crippen LogP contribution is -2.25. The fourth-order valence-corrected chi connectivity index (χ4v) is 2.31. The van der Waals surface area contributed by atoms with Gasteiger partial charge in [0.05, 0.1) is 11.0 Å². The number of halogens is 1. The minimum absolute atomic E-state index is 0.0957. The fraction of sp³-hybridized carbons (Fsp3) is 0.600. The highest BCUT2D eigenvalue weighted by Gasteiger charge is 2.32. The Hall–Kier alpha value is -1.47. The van der Waals surface area contributed by atoms with E-state index < -0.39 is 11.0 Å². The molecule has 1 aliphatic rings. The van der Waals surface area contributed by atoms with E-state index >= 15 is 0 Å². The van der Waals surface area contributed by atoms with Crippen molar-refractivity contribution in [2.45, 2.75) is 19.4 Å². The van der Waals surface area contributed by atoms with Gasteiger partial charge in [0.2, 0.25) is 11.0 Å². The number of aliphatic hydroxyl groups is 1. The van der Waals surface area contributed by atoms with Gasteiger partial charge in [0.25, 0.3) is 0 Å². The van der Waals surface area contributed by atoms with Gasteiger partial charge in [-0.05, 0) is 13.3 Å². The first kappa shape index (κ1) is 13.0. The van der Waals surface area contributed by atoms with Crippen LogP contribution in [-0.4, -0.2) is 39.2 Å². The van der Waals surface area contributed by atoms with Gasteiger partial charge in [0.15, 0.2) is 0 Å². The molecule has 1 aliphatic heterocycles. The highest BCUT2D eigenvalue weighted by molar-refractivity contribution is 6.31. The summed E-state index contributed by atoms with van der Waals surface area (Å²) in [6.45, 7) is 2.87. The molecule has 1 aromatic heterocycles. The monoisotopic (exact) mass is 272 g/mol. The van der Waals surface area contributed by atoms with E-state index in [2.05, 4.69) is 9.97 Å². The fourth-order valence-electron chi connectivity index (χ4n) is 2.11. The van der Waals surface area contributed by atoms with Crippen LogP contribution in [0.25, 0.3) is 0 Å². The van der Waals surface area contributed by atoms with Gasteiger partial charge in [-0.25, -0.2) is 9.97 Å². The summed E-state index contributed by atoms with van der Waals surface area (Å²) in [4.78, 5) is 19.7. The molecule has 0 aliphatic carbocycles. The predicted molar refractivity (Wildman–Crippen MR) is 65.7 cm³/mol. The standard InChI is InChI=1S/C10H13ClN4O3/c1-6(16)7-2-3-14(4-7)10-8(15(17)18)9(11)12-5-13-10/h5-7,16H,2-4H2,1H3. The molecule has 1 saturated heterocycles. The molecule has 0 aromatic carbocycles. The van der Waals surface area contributed by atoms with Crippen LogP contribution in [0.1, 0.15) is 13.3 Å². The van der Waals surface area contributed by atoms with E-state index in [-0.39, 0.29) is 22.6 Å². The Bertz CT molecular complexity index is 468. The smallest absolute Gasteiger partial charge is 0.348 e. The summed E-state index contributed by atoms with van der Waals surface area (Å²) in [5, 5.41) is 20.3. The van der Waals surface area contributed by atoms with Gasteiger partial charge in [-0.1, -0.05) is 11.6 Å². The first-order chi connectivity index (χ1) is 8.50. The molecular weight excluding hydrogens is 260 g/mol. The molecule has 8 heteroatoms. The van der Waals surface area contributed by atoms with E-state index in [1.807, 2.05) is 0 Å². The molecule has 1 N–H and O–H groups in total. The number of aromatic nitrogens is 2. The molecule has 2 rings (SSSR count). The average molecular weight is 273 g/mol. The topological polar surface area (TPSA) is 92.4 Å². The van der Waals surface area contributed by atoms with Crippen LogP contribution in [0, 0.1) is 16.0 Å². The third kappa shape index (κ3) is 2.37. The van der Waals surface area contributed by atoms with Gasteiger partial charge in [-0.2, -0.15) is 0 Å². The Morgan fingerprint density at radius 1 is 1.67 bits per heavy atom. The molecule has 1 aromatic rings. The van der Waals surface area contributed by atoms with E-state index in [1.165, 1.54) is 6.33 Å². The van der Waals surface area contributed by atoms with Crippen molar-refractivity contribution in [3.8, 4) is 0 Å². The zero-order valence-corrected chi connectivity index (χ0v) is 10.5. The van der Waals surface area contributed by atoms with Crippen molar-refractivity contribution >= 4 is 23.1 Å². The predicted octanol–water partition coefficient (Wildman–Crippen LogP) is 1.25. The molecule has 0 spiro atoms. The van der Waals surface area contributed by atoms with Crippen LogP contribution in [0.5, 0.6) is 0 Å². The Morgan fingerprint density at radius 3 is 2.94 bits per heavy atom. The number of rotatable bonds is 3. The SMILES string of the molecule is CC(O)C1CCN(c2ncnc(Cl)c2[N+](=O)[O-])C1. The number of hydrogen-bond donors (Lipinski definition) is 1. The Morgan fingerprint density at radius 2 is 2.39 bits per heavy atom. The van der Waals surface area contributed by atoms with Gasteiger partial charge in [0.1, 0.15) is 6.33 Å². The van der Waals surface area contributed by atoms with Crippen LogP contribution < -0.4 is 4.90 Å². The van der Waals surface area contributed by atoms with Crippen molar-refractivity contribution in [1.29, 1.82) is 0 Å². The second-order valence-corrected chi connectivity index (χ2v) is 4.69. The summed E-state index contributed by atoms with van der Waals surface area (Å²) in [5.41, 5.74) is -0.273. The van der Waals surface area contributed by atoms with Crippen molar-refractivity contribution < 1.29 is 10.0 Å². The van der Waals surface area contributed by atoms with Crippen LogP contribution >= 0.6 is 11.6 Å². The Labute approximate surface area is 109 Å². The lowest BCUT2D eigenvalue weighted by molar-refractivity contribution is -0.384. The molecule has 18 heavy (non-hydrogen) atoms. The molecule has 0 amide bonds. The second kappa shape index (κ2) is 5.03. The molecular formula is C10H13ClN4O3. The summed E-state index contributed by atoms with van der Waals surface area (Å²) in [7, 11) is 0. The highest BCUT2D eigenvalue weighted by atomic mass is 35.5. The Kier molecular flexibility index (Phi) is 3.63. The third-order valence-electron chi connectivity index (χ3n) is 3.15. The van der Waals surface area contributed by atoms with Gasteiger partial charge in [-0.3, -0.25) is 10.1 Å². The molecule has 1 fully saturated rings. The number of aliphatic hydroxyl groups excluding tert-OH is 1. The highest BCUT2D eigenvalue weighted by Crippen LogP contribution is 2.34. The minimum Gasteiger partial charge on any atom is -0.393 e. The zero-order chi connectivity index (χ0) is 13.3. The van der Waals surface area contributed by atoms with Crippen molar-refractivity contribution in [3.63, 3.8) is 0 Å². The number of nitrogens with zero attached hydrogens (tertiary/aromatic N) is 4. The van der Waals surface area contributed by atoms with E-state index in [9.17, 15) is 15.2 Å². The molecule has 0 saturated carbocycles. The van der Waals surface area contributed by atoms with Crippen molar-refractivity contribution in [2.24, 2.45) is 5.92 Å². The molecule has 0 radical (unpaired) electrons. The molecule has 7 nitrogen and oxygen atoms in total. The first-order valence-corrected chi connectivity index (χ1v) is 5.96. The second-order valence-electron chi connectivity index (χ2n) is 4.33. The van der Waals surface area contributed by atoms with Crippen molar-refractivity contribution in [2.75, 3.05) is 18.0 Å². The first-order valence-electron chi connectivity index (χ1n) is 5.58. The number of hydrogen-bond acceptors (Lipinski definition) is 6. The lowest BCUT2D eigenvalue weighted by atomic mass is 10.0. The summed E-state index contributed by atoms with van der Waals surface area (Å²) >= 11 is 5.73. The van der Waals surface area contributed by atoms with E-state index in [1.54, 1.807) is 11.8 Å². The lowest BCUT2D eigenvalue weighted by Gasteiger charge is -2.18. The van der Waals surface area contributed by atoms with Gasteiger partial charge < -0.3 is 10.0 Å². The minimum atomic E-state index is -0.576. The van der Waals surface area contributed by atoms with Gasteiger partial charge in [0, 0.05) is 19.0 Å². The third-order valence-corrected chi connectivity index (χ3v) is 3.42. The van der Waals surface area contributed by atoms with Gasteiger partial charge in [-0.15, -0.1) is 0 Å². The number of nitro groups is 1. The van der Waals surface area contributed by atoms with E-state index in [4.69, 9.17) is 11.6 Å². The molecule has 2 atom stereocenters. The summed E-state index contributed by atoms with van der Waals surface area (Å²) in [5.74, 6) is 0.321. The Balaban J connectivity index is 2.30. The molecule has 2 unspecified atom stereocenters. The van der Waals surface area contributed by atoms with Crippen LogP contribution in [0.4, 0.5) is 11.5 Å². The largest absolute Gasteiger partial charge is 0.393 e. The van der Waals surface area contributed by atoms with E-state index in [0.717, 1.165) is 6.42 Å². The molecule has 2 heterocycles. The maximum Gasteiger partial charge on any atom is 0.348 e. The van der Waals surface area contributed by atoms with Crippen LogP contribution in [-0.2, 0) is 0 Å². The zero-order valence-electron chi connectivity index (χ0n) is 9.78. The van der Waals surface area contributed by atoms with E-state index in [0.29, 0.717) is 13.1 Å². The van der Waals surface area contributed by atoms with Crippen molar-refractivity contribution in [3.05, 3.63) is 21.6 Å². The van der Waals surface area contributed by atoms with Crippen LogP contribution in [0.3, 0.4) is 0 Å². The maximum atomic E-state index is 11.0. The normalized spacial score (nSPS) is 21.1. The quantitative estimate of drug-likeness (QED) is 0.506. The summed E-state index contributed by atoms with van der Waals surface area (Å²) in [6, 6.07) is 0. The van der Waals surface area contributed by atoms with Gasteiger partial charge >= 0.3 is 5.69 Å². The summed E-state index contributed by atoms with van der Waals surface area (Å²) in [6.07, 6.45) is 1.54. The molecule has 98 valence electrons. The number of anilines is 1. The molecule has 0 bridgehead atoms. The van der Waals surface area contributed by atoms with Crippen LogP contribution in [0.15, 0.2) is 6.33 Å². The maximum absolute atomic E-state index is 11.0. The summed E-state index contributed by atoms with van der Waals surface area (Å²) < 4.78 is 0. The van der Waals surface area contributed by atoms with Crippen LogP contribution in [0.2, 0.25) is 5.15 Å². The van der Waals surface area contributed by atoms with Crippen molar-refractivity contribution in [1.82, 2.24) is 9.97 Å². The average Bonchev–Trinajstić information content (AvgIpc) is 2.77.